The van der Waals surface area contributed by atoms with Gasteiger partial charge < -0.3 is 39.4 Å². The number of hydrogen-bond donors (Lipinski definition) is 4. The molecule has 274 valence electrons. The lowest BCUT2D eigenvalue weighted by Gasteiger charge is -2.39. The van der Waals surface area contributed by atoms with Crippen LogP contribution in [0.2, 0.25) is 0 Å². The first-order valence-corrected chi connectivity index (χ1v) is 19.1. The van der Waals surface area contributed by atoms with E-state index in [0.717, 1.165) is 32.1 Å². The highest BCUT2D eigenvalue weighted by atomic mass is 16.7. The first kappa shape index (κ1) is 43.2. The van der Waals surface area contributed by atoms with Crippen LogP contribution in [0.4, 0.5) is 0 Å². The fourth-order valence-electron chi connectivity index (χ4n) is 5.96. The van der Waals surface area contributed by atoms with E-state index < -0.39 is 43.4 Å². The quantitative estimate of drug-likeness (QED) is 0.0439. The van der Waals surface area contributed by atoms with Crippen molar-refractivity contribution >= 4 is 5.97 Å². The number of aliphatic hydroxyl groups excluding tert-OH is 4. The lowest BCUT2D eigenvalue weighted by molar-refractivity contribution is -0.305. The van der Waals surface area contributed by atoms with Crippen molar-refractivity contribution in [1.82, 2.24) is 0 Å². The Labute approximate surface area is 281 Å². The first-order chi connectivity index (χ1) is 22.4. The van der Waals surface area contributed by atoms with Crippen molar-refractivity contribution in [3.63, 3.8) is 0 Å². The van der Waals surface area contributed by atoms with Gasteiger partial charge in [0.1, 0.15) is 30.5 Å². The molecular weight excluding hydrogens is 588 g/mol. The van der Waals surface area contributed by atoms with Crippen LogP contribution in [0.1, 0.15) is 168 Å². The molecule has 1 rings (SSSR count). The van der Waals surface area contributed by atoms with E-state index in [1.165, 1.54) is 116 Å². The van der Waals surface area contributed by atoms with Crippen molar-refractivity contribution < 1.29 is 44.2 Å². The highest BCUT2D eigenvalue weighted by Crippen LogP contribution is 2.22. The third-order valence-electron chi connectivity index (χ3n) is 9.02. The number of rotatable bonds is 32. The second-order valence-corrected chi connectivity index (χ2v) is 13.4. The molecule has 0 amide bonds. The Morgan fingerprint density at radius 1 is 0.609 bits per heavy atom. The summed E-state index contributed by atoms with van der Waals surface area (Å²) in [5, 5.41) is 39.9. The Bertz CT molecular complexity index is 677. The third kappa shape index (κ3) is 21.9. The van der Waals surface area contributed by atoms with Gasteiger partial charge in [-0.05, 0) is 12.8 Å². The summed E-state index contributed by atoms with van der Waals surface area (Å²) in [5.41, 5.74) is 0. The Kier molecular flexibility index (Phi) is 28.4. The molecule has 0 saturated carbocycles. The molecule has 0 aromatic rings. The van der Waals surface area contributed by atoms with E-state index in [0.29, 0.717) is 13.0 Å². The van der Waals surface area contributed by atoms with Gasteiger partial charge in [-0.15, -0.1) is 0 Å². The topological polar surface area (TPSA) is 135 Å². The summed E-state index contributed by atoms with van der Waals surface area (Å²) >= 11 is 0. The smallest absolute Gasteiger partial charge is 0.306 e. The molecule has 6 unspecified atom stereocenters. The zero-order valence-corrected chi connectivity index (χ0v) is 29.6. The number of carbonyl (C=O) groups excluding carboxylic acids is 1. The predicted molar refractivity (Wildman–Crippen MR) is 183 cm³/mol. The van der Waals surface area contributed by atoms with Crippen molar-refractivity contribution in [2.45, 2.75) is 205 Å². The number of esters is 1. The molecule has 4 N–H and O–H groups in total. The molecule has 0 spiro atoms. The molecule has 0 aromatic heterocycles. The minimum Gasteiger partial charge on any atom is -0.457 e. The van der Waals surface area contributed by atoms with Crippen LogP contribution in [0, 0.1) is 0 Å². The van der Waals surface area contributed by atoms with Crippen LogP contribution in [0.3, 0.4) is 0 Å². The van der Waals surface area contributed by atoms with Gasteiger partial charge in [0.15, 0.2) is 6.29 Å². The standard InChI is InChI=1S/C37H72O9/c1-3-5-7-9-11-13-14-15-16-17-18-20-22-24-26-33(39)45-31(29-43-27-25-23-21-19-12-10-8-6-4-2)30-44-37-36(42)35(41)34(40)32(28-38)46-37/h31-32,34-38,40-42H,3-30H2,1-2H3. The summed E-state index contributed by atoms with van der Waals surface area (Å²) in [6.45, 7) is 4.55. The molecular formula is C37H72O9. The predicted octanol–water partition coefficient (Wildman–Crippen LogP) is 7.13. The fourth-order valence-corrected chi connectivity index (χ4v) is 5.96. The second-order valence-electron chi connectivity index (χ2n) is 13.4. The number of hydrogen-bond acceptors (Lipinski definition) is 9. The summed E-state index contributed by atoms with van der Waals surface area (Å²) in [5.74, 6) is -0.312. The minimum absolute atomic E-state index is 0.106. The SMILES string of the molecule is CCCCCCCCCCCCCCCCC(=O)OC(COCCCCCCCCCCC)COC1OC(CO)C(O)C(O)C1O. The zero-order valence-electron chi connectivity index (χ0n) is 29.6. The molecule has 0 radical (unpaired) electrons. The molecule has 0 aliphatic carbocycles. The average Bonchev–Trinajstić information content (AvgIpc) is 3.05. The largest absolute Gasteiger partial charge is 0.457 e. The van der Waals surface area contributed by atoms with Crippen molar-refractivity contribution in [2.24, 2.45) is 0 Å². The zero-order chi connectivity index (χ0) is 33.7. The molecule has 9 heteroatoms. The number of aliphatic hydroxyl groups is 4. The van der Waals surface area contributed by atoms with Crippen LogP contribution in [0.5, 0.6) is 0 Å². The van der Waals surface area contributed by atoms with Gasteiger partial charge in [-0.1, -0.05) is 149 Å². The summed E-state index contributed by atoms with van der Waals surface area (Å²) in [6, 6.07) is 0. The van der Waals surface area contributed by atoms with Gasteiger partial charge in [0.2, 0.25) is 0 Å². The van der Waals surface area contributed by atoms with Crippen molar-refractivity contribution in [2.75, 3.05) is 26.4 Å². The molecule has 1 aliphatic heterocycles. The Morgan fingerprint density at radius 2 is 1.07 bits per heavy atom. The number of unbranched alkanes of at least 4 members (excludes halogenated alkanes) is 21. The summed E-state index contributed by atoms with van der Waals surface area (Å²) in [4.78, 5) is 12.7. The van der Waals surface area contributed by atoms with E-state index in [1.807, 2.05) is 0 Å². The van der Waals surface area contributed by atoms with Gasteiger partial charge in [0, 0.05) is 13.0 Å². The van der Waals surface area contributed by atoms with Crippen LogP contribution >= 0.6 is 0 Å². The van der Waals surface area contributed by atoms with Gasteiger partial charge in [0.25, 0.3) is 0 Å². The summed E-state index contributed by atoms with van der Waals surface area (Å²) < 4.78 is 22.7. The van der Waals surface area contributed by atoms with Crippen molar-refractivity contribution in [1.29, 1.82) is 0 Å². The molecule has 46 heavy (non-hydrogen) atoms. The molecule has 9 nitrogen and oxygen atoms in total. The van der Waals surface area contributed by atoms with Crippen molar-refractivity contribution in [3.8, 4) is 0 Å². The van der Waals surface area contributed by atoms with E-state index in [2.05, 4.69) is 13.8 Å². The van der Waals surface area contributed by atoms with Gasteiger partial charge >= 0.3 is 5.97 Å². The molecule has 1 fully saturated rings. The van der Waals surface area contributed by atoms with Gasteiger partial charge in [-0.2, -0.15) is 0 Å². The molecule has 0 bridgehead atoms. The van der Waals surface area contributed by atoms with E-state index in [9.17, 15) is 25.2 Å². The van der Waals surface area contributed by atoms with Crippen LogP contribution in [0.25, 0.3) is 0 Å². The van der Waals surface area contributed by atoms with Gasteiger partial charge in [-0.3, -0.25) is 4.79 Å². The van der Waals surface area contributed by atoms with Crippen LogP contribution in [-0.4, -0.2) is 89.6 Å². The molecule has 1 heterocycles. The van der Waals surface area contributed by atoms with Crippen molar-refractivity contribution in [3.05, 3.63) is 0 Å². The third-order valence-corrected chi connectivity index (χ3v) is 9.02. The van der Waals surface area contributed by atoms with E-state index >= 15 is 0 Å². The first-order valence-electron chi connectivity index (χ1n) is 19.1. The second kappa shape index (κ2) is 30.3. The number of ether oxygens (including phenoxy) is 4. The Balaban J connectivity index is 2.31. The van der Waals surface area contributed by atoms with E-state index in [4.69, 9.17) is 18.9 Å². The minimum atomic E-state index is -1.53. The summed E-state index contributed by atoms with van der Waals surface area (Å²) in [6.07, 6.45) is 21.3. The van der Waals surface area contributed by atoms with Gasteiger partial charge in [-0.25, -0.2) is 0 Å². The average molecular weight is 661 g/mol. The molecule has 0 aromatic carbocycles. The molecule has 6 atom stereocenters. The number of carbonyl (C=O) groups is 1. The normalized spacial score (nSPS) is 22.3. The van der Waals surface area contributed by atoms with Gasteiger partial charge in [0.05, 0.1) is 19.8 Å². The van der Waals surface area contributed by atoms with Crippen LogP contribution in [-0.2, 0) is 23.7 Å². The van der Waals surface area contributed by atoms with E-state index in [-0.39, 0.29) is 19.2 Å². The Hall–Kier alpha value is -0.810. The maximum absolute atomic E-state index is 12.7. The lowest BCUT2D eigenvalue weighted by Crippen LogP contribution is -2.59. The fraction of sp³-hybridized carbons (Fsp3) is 0.973. The van der Waals surface area contributed by atoms with Crippen LogP contribution < -0.4 is 0 Å². The molecule has 1 saturated heterocycles. The Morgan fingerprint density at radius 3 is 1.54 bits per heavy atom. The molecule has 1 aliphatic rings. The van der Waals surface area contributed by atoms with Crippen LogP contribution in [0.15, 0.2) is 0 Å². The lowest BCUT2D eigenvalue weighted by atomic mass is 9.99. The van der Waals surface area contributed by atoms with E-state index in [1.54, 1.807) is 0 Å². The summed E-state index contributed by atoms with van der Waals surface area (Å²) in [7, 11) is 0. The maximum atomic E-state index is 12.7. The highest BCUT2D eigenvalue weighted by molar-refractivity contribution is 5.69. The highest BCUT2D eigenvalue weighted by Gasteiger charge is 2.44. The monoisotopic (exact) mass is 661 g/mol. The maximum Gasteiger partial charge on any atom is 0.306 e.